The lowest BCUT2D eigenvalue weighted by Gasteiger charge is -2.18. The second-order valence-electron chi connectivity index (χ2n) is 4.61. The average molecular weight is 241 g/mol. The number of nitrogen functional groups attached to an aromatic ring is 1. The molecule has 94 valence electrons. The van der Waals surface area contributed by atoms with Gasteiger partial charge < -0.3 is 10.6 Å². The molecule has 2 aromatic rings. The molecule has 0 amide bonds. The van der Waals surface area contributed by atoms with Crippen molar-refractivity contribution in [2.24, 2.45) is 0 Å². The average Bonchev–Trinajstić information content (AvgIpc) is 2.36. The minimum absolute atomic E-state index is 0.823. The zero-order chi connectivity index (χ0) is 13.0. The SMILES string of the molecule is Cc1ccnc(N(C)CCc2cccc(N)c2)c1. The number of pyridine rings is 1. The Labute approximate surface area is 108 Å². The van der Waals surface area contributed by atoms with Crippen LogP contribution in [0.3, 0.4) is 0 Å². The fraction of sp³-hybridized carbons (Fsp3) is 0.267. The van der Waals surface area contributed by atoms with Crippen molar-refractivity contribution in [1.82, 2.24) is 4.98 Å². The van der Waals surface area contributed by atoms with Crippen LogP contribution in [0, 0.1) is 6.92 Å². The molecule has 1 aromatic heterocycles. The fourth-order valence-electron chi connectivity index (χ4n) is 1.89. The summed E-state index contributed by atoms with van der Waals surface area (Å²) in [7, 11) is 2.06. The summed E-state index contributed by atoms with van der Waals surface area (Å²) in [4.78, 5) is 6.53. The van der Waals surface area contributed by atoms with Gasteiger partial charge in [-0.05, 0) is 48.7 Å². The number of rotatable bonds is 4. The molecule has 0 spiro atoms. The zero-order valence-electron chi connectivity index (χ0n) is 10.9. The Bertz CT molecular complexity index is 523. The van der Waals surface area contributed by atoms with E-state index in [1.807, 2.05) is 30.5 Å². The molecule has 0 saturated heterocycles. The van der Waals surface area contributed by atoms with Gasteiger partial charge >= 0.3 is 0 Å². The summed E-state index contributed by atoms with van der Waals surface area (Å²) < 4.78 is 0. The van der Waals surface area contributed by atoms with Crippen molar-refractivity contribution in [3.63, 3.8) is 0 Å². The summed E-state index contributed by atoms with van der Waals surface area (Å²) >= 11 is 0. The van der Waals surface area contributed by atoms with Crippen LogP contribution in [0.5, 0.6) is 0 Å². The maximum atomic E-state index is 5.77. The molecule has 0 fully saturated rings. The summed E-state index contributed by atoms with van der Waals surface area (Å²) in [6.45, 7) is 3.01. The van der Waals surface area contributed by atoms with Crippen molar-refractivity contribution in [3.05, 3.63) is 53.7 Å². The number of nitrogens with two attached hydrogens (primary N) is 1. The van der Waals surface area contributed by atoms with Crippen molar-refractivity contribution >= 4 is 11.5 Å². The number of aromatic nitrogens is 1. The van der Waals surface area contributed by atoms with Gasteiger partial charge in [0.2, 0.25) is 0 Å². The number of aryl methyl sites for hydroxylation is 1. The molecule has 18 heavy (non-hydrogen) atoms. The summed E-state index contributed by atoms with van der Waals surface area (Å²) in [5.74, 6) is 1.01. The molecular weight excluding hydrogens is 222 g/mol. The van der Waals surface area contributed by atoms with Crippen LogP contribution in [0.15, 0.2) is 42.6 Å². The third-order valence-electron chi connectivity index (χ3n) is 2.98. The molecule has 0 saturated carbocycles. The standard InChI is InChI=1S/C15H19N3/c1-12-6-8-17-15(10-12)18(2)9-7-13-4-3-5-14(16)11-13/h3-6,8,10-11H,7,9,16H2,1-2H3. The van der Waals surface area contributed by atoms with E-state index in [4.69, 9.17) is 5.73 Å². The molecular formula is C15H19N3. The monoisotopic (exact) mass is 241 g/mol. The first-order chi connectivity index (χ1) is 8.65. The van der Waals surface area contributed by atoms with E-state index < -0.39 is 0 Å². The molecule has 3 nitrogen and oxygen atoms in total. The molecule has 0 bridgehead atoms. The van der Waals surface area contributed by atoms with E-state index in [9.17, 15) is 0 Å². The lowest BCUT2D eigenvalue weighted by molar-refractivity contribution is 0.859. The highest BCUT2D eigenvalue weighted by atomic mass is 15.2. The van der Waals surface area contributed by atoms with E-state index >= 15 is 0 Å². The highest BCUT2D eigenvalue weighted by molar-refractivity contribution is 5.42. The highest BCUT2D eigenvalue weighted by Crippen LogP contribution is 2.12. The van der Waals surface area contributed by atoms with Gasteiger partial charge in [-0.1, -0.05) is 12.1 Å². The smallest absolute Gasteiger partial charge is 0.128 e. The largest absolute Gasteiger partial charge is 0.399 e. The molecule has 2 N–H and O–H groups in total. The van der Waals surface area contributed by atoms with Crippen molar-refractivity contribution in [2.45, 2.75) is 13.3 Å². The Morgan fingerprint density at radius 1 is 1.22 bits per heavy atom. The fourth-order valence-corrected chi connectivity index (χ4v) is 1.89. The molecule has 0 atom stereocenters. The maximum Gasteiger partial charge on any atom is 0.128 e. The first kappa shape index (κ1) is 12.4. The minimum Gasteiger partial charge on any atom is -0.399 e. The van der Waals surface area contributed by atoms with E-state index in [1.54, 1.807) is 0 Å². The first-order valence-electron chi connectivity index (χ1n) is 6.13. The van der Waals surface area contributed by atoms with Crippen molar-refractivity contribution in [1.29, 1.82) is 0 Å². The van der Waals surface area contributed by atoms with Gasteiger partial charge in [0.1, 0.15) is 5.82 Å². The molecule has 0 aliphatic heterocycles. The van der Waals surface area contributed by atoms with Gasteiger partial charge in [0.25, 0.3) is 0 Å². The highest BCUT2D eigenvalue weighted by Gasteiger charge is 2.03. The lowest BCUT2D eigenvalue weighted by Crippen LogP contribution is -2.21. The molecule has 2 rings (SSSR count). The van der Waals surface area contributed by atoms with Crippen LogP contribution >= 0.6 is 0 Å². The summed E-state index contributed by atoms with van der Waals surface area (Å²) in [6, 6.07) is 12.1. The zero-order valence-corrected chi connectivity index (χ0v) is 10.9. The van der Waals surface area contributed by atoms with Crippen molar-refractivity contribution in [2.75, 3.05) is 24.2 Å². The summed E-state index contributed by atoms with van der Waals surface area (Å²) in [5, 5.41) is 0. The molecule has 1 heterocycles. The van der Waals surface area contributed by atoms with Crippen LogP contribution < -0.4 is 10.6 Å². The second kappa shape index (κ2) is 5.54. The molecule has 0 aliphatic rings. The van der Waals surface area contributed by atoms with Gasteiger partial charge in [-0.3, -0.25) is 0 Å². The van der Waals surface area contributed by atoms with Gasteiger partial charge in [-0.25, -0.2) is 4.98 Å². The topological polar surface area (TPSA) is 42.2 Å². The van der Waals surface area contributed by atoms with Crippen LogP contribution in [-0.4, -0.2) is 18.6 Å². The predicted octanol–water partition coefficient (Wildman–Crippen LogP) is 2.65. The Morgan fingerprint density at radius 3 is 2.78 bits per heavy atom. The van der Waals surface area contributed by atoms with Crippen LogP contribution in [0.1, 0.15) is 11.1 Å². The Kier molecular flexibility index (Phi) is 3.82. The van der Waals surface area contributed by atoms with Gasteiger partial charge in [0, 0.05) is 25.5 Å². The summed E-state index contributed by atoms with van der Waals surface area (Å²) in [6.07, 6.45) is 2.82. The van der Waals surface area contributed by atoms with Gasteiger partial charge in [0.05, 0.1) is 0 Å². The van der Waals surface area contributed by atoms with Gasteiger partial charge in [-0.15, -0.1) is 0 Å². The normalized spacial score (nSPS) is 10.3. The molecule has 3 heteroatoms. The number of anilines is 2. The lowest BCUT2D eigenvalue weighted by atomic mass is 10.1. The second-order valence-corrected chi connectivity index (χ2v) is 4.61. The number of hydrogen-bond donors (Lipinski definition) is 1. The number of hydrogen-bond acceptors (Lipinski definition) is 3. The quantitative estimate of drug-likeness (QED) is 0.837. The van der Waals surface area contributed by atoms with E-state index in [0.29, 0.717) is 0 Å². The summed E-state index contributed by atoms with van der Waals surface area (Å²) in [5.41, 5.74) is 9.08. The predicted molar refractivity (Wildman–Crippen MR) is 76.8 cm³/mol. The first-order valence-corrected chi connectivity index (χ1v) is 6.13. The van der Waals surface area contributed by atoms with Gasteiger partial charge in [-0.2, -0.15) is 0 Å². The molecule has 0 aliphatic carbocycles. The third kappa shape index (κ3) is 3.23. The Morgan fingerprint density at radius 2 is 2.06 bits per heavy atom. The Hall–Kier alpha value is -2.03. The minimum atomic E-state index is 0.823. The third-order valence-corrected chi connectivity index (χ3v) is 2.98. The van der Waals surface area contributed by atoms with Crippen LogP contribution in [0.4, 0.5) is 11.5 Å². The van der Waals surface area contributed by atoms with E-state index in [1.165, 1.54) is 11.1 Å². The molecule has 0 unspecified atom stereocenters. The number of benzene rings is 1. The number of likely N-dealkylation sites (N-methyl/N-ethyl adjacent to an activating group) is 1. The molecule has 0 radical (unpaired) electrons. The van der Waals surface area contributed by atoms with Crippen LogP contribution in [0.2, 0.25) is 0 Å². The van der Waals surface area contributed by atoms with E-state index in [0.717, 1.165) is 24.5 Å². The Balaban J connectivity index is 1.98. The molecule has 1 aromatic carbocycles. The maximum absolute atomic E-state index is 5.77. The van der Waals surface area contributed by atoms with Crippen molar-refractivity contribution < 1.29 is 0 Å². The number of nitrogens with zero attached hydrogens (tertiary/aromatic N) is 2. The van der Waals surface area contributed by atoms with E-state index in [2.05, 4.69) is 36.0 Å². The van der Waals surface area contributed by atoms with Gasteiger partial charge in [0.15, 0.2) is 0 Å². The van der Waals surface area contributed by atoms with Crippen molar-refractivity contribution in [3.8, 4) is 0 Å². The van der Waals surface area contributed by atoms with E-state index in [-0.39, 0.29) is 0 Å². The van der Waals surface area contributed by atoms with Crippen LogP contribution in [0.25, 0.3) is 0 Å². The van der Waals surface area contributed by atoms with Crippen LogP contribution in [-0.2, 0) is 6.42 Å².